The van der Waals surface area contributed by atoms with Gasteiger partial charge in [-0.2, -0.15) is 5.10 Å². The molecule has 2 amide bonds. The molecule has 1 fully saturated rings. The Morgan fingerprint density at radius 2 is 1.97 bits per heavy atom. The van der Waals surface area contributed by atoms with Crippen molar-refractivity contribution in [2.45, 2.75) is 52.0 Å². The lowest BCUT2D eigenvalue weighted by Crippen LogP contribution is -2.48. The number of likely N-dealkylation sites (N-methyl/N-ethyl adjacent to an activating group) is 1. The standard InChI is InChI=1S/C26H38N4O3/c1-6-19(2)16-25(31)30-14-10-21(11-15-30)24(18-20-8-7-9-22(17-20)33-5)29(4)26(32)23-12-13-28(3)27-23/h7-9,12-13,17,19,21,24H,6,10-11,14-16,18H2,1-5H3. The number of amides is 2. The van der Waals surface area contributed by atoms with Crippen LogP contribution >= 0.6 is 0 Å². The molecule has 0 aliphatic carbocycles. The second-order valence-electron chi connectivity index (χ2n) is 9.35. The fourth-order valence-electron chi connectivity index (χ4n) is 4.63. The number of nitrogens with zero attached hydrogens (tertiary/aromatic N) is 4. The lowest BCUT2D eigenvalue weighted by molar-refractivity contribution is -0.133. The third kappa shape index (κ3) is 6.36. The van der Waals surface area contributed by atoms with Crippen LogP contribution in [0.15, 0.2) is 36.5 Å². The average Bonchev–Trinajstić information content (AvgIpc) is 3.28. The van der Waals surface area contributed by atoms with Crippen LogP contribution in [0.1, 0.15) is 55.6 Å². The summed E-state index contributed by atoms with van der Waals surface area (Å²) in [6, 6.07) is 9.82. The molecular formula is C26H38N4O3. The van der Waals surface area contributed by atoms with E-state index in [1.165, 1.54) is 0 Å². The summed E-state index contributed by atoms with van der Waals surface area (Å²) >= 11 is 0. The zero-order valence-corrected chi connectivity index (χ0v) is 20.7. The fraction of sp³-hybridized carbons (Fsp3) is 0.577. The first-order chi connectivity index (χ1) is 15.8. The number of ether oxygens (including phenoxy) is 1. The number of aromatic nitrogens is 2. The number of piperidine rings is 1. The van der Waals surface area contributed by atoms with E-state index in [-0.39, 0.29) is 17.9 Å². The molecule has 180 valence electrons. The molecule has 7 heteroatoms. The molecule has 1 aromatic carbocycles. The van der Waals surface area contributed by atoms with Crippen LogP contribution in [0.25, 0.3) is 0 Å². The van der Waals surface area contributed by atoms with Gasteiger partial charge < -0.3 is 14.5 Å². The molecule has 2 heterocycles. The van der Waals surface area contributed by atoms with Gasteiger partial charge in [0, 0.05) is 45.8 Å². The van der Waals surface area contributed by atoms with Crippen LogP contribution < -0.4 is 4.74 Å². The van der Waals surface area contributed by atoms with Crippen molar-refractivity contribution in [2.75, 3.05) is 27.2 Å². The van der Waals surface area contributed by atoms with Crippen LogP contribution in [-0.2, 0) is 18.3 Å². The van der Waals surface area contributed by atoms with Crippen molar-refractivity contribution in [2.24, 2.45) is 18.9 Å². The highest BCUT2D eigenvalue weighted by atomic mass is 16.5. The number of rotatable bonds is 9. The Bertz CT molecular complexity index is 933. The van der Waals surface area contributed by atoms with Gasteiger partial charge in [0.05, 0.1) is 7.11 Å². The van der Waals surface area contributed by atoms with Gasteiger partial charge in [0.15, 0.2) is 0 Å². The van der Waals surface area contributed by atoms with Crippen molar-refractivity contribution >= 4 is 11.8 Å². The summed E-state index contributed by atoms with van der Waals surface area (Å²) in [7, 11) is 5.36. The molecule has 1 aliphatic rings. The molecule has 2 atom stereocenters. The number of carbonyl (C=O) groups excluding carboxylic acids is 2. The van der Waals surface area contributed by atoms with Gasteiger partial charge in [0.1, 0.15) is 11.4 Å². The Morgan fingerprint density at radius 3 is 2.58 bits per heavy atom. The second-order valence-corrected chi connectivity index (χ2v) is 9.35. The molecule has 1 saturated heterocycles. The first-order valence-electron chi connectivity index (χ1n) is 12.0. The van der Waals surface area contributed by atoms with E-state index in [0.29, 0.717) is 24.0 Å². The Labute approximate surface area is 197 Å². The summed E-state index contributed by atoms with van der Waals surface area (Å²) in [6.45, 7) is 5.76. The number of hydrogen-bond acceptors (Lipinski definition) is 4. The van der Waals surface area contributed by atoms with Crippen LogP contribution in [0.3, 0.4) is 0 Å². The van der Waals surface area contributed by atoms with Gasteiger partial charge in [-0.05, 0) is 54.9 Å². The number of aryl methyl sites for hydroxylation is 1. The van der Waals surface area contributed by atoms with Crippen LogP contribution in [0.5, 0.6) is 5.75 Å². The van der Waals surface area contributed by atoms with Gasteiger partial charge >= 0.3 is 0 Å². The van der Waals surface area contributed by atoms with E-state index in [4.69, 9.17) is 4.74 Å². The monoisotopic (exact) mass is 454 g/mol. The number of likely N-dealkylation sites (tertiary alicyclic amines) is 1. The lowest BCUT2D eigenvalue weighted by Gasteiger charge is -2.40. The van der Waals surface area contributed by atoms with Crippen molar-refractivity contribution < 1.29 is 14.3 Å². The van der Waals surface area contributed by atoms with Crippen LogP contribution in [-0.4, -0.2) is 64.7 Å². The molecule has 0 N–H and O–H groups in total. The third-order valence-electron chi connectivity index (χ3n) is 6.99. The Morgan fingerprint density at radius 1 is 1.24 bits per heavy atom. The Balaban J connectivity index is 1.75. The molecule has 33 heavy (non-hydrogen) atoms. The van der Waals surface area contributed by atoms with Crippen molar-refractivity contribution in [1.82, 2.24) is 19.6 Å². The first-order valence-corrected chi connectivity index (χ1v) is 12.0. The van der Waals surface area contributed by atoms with Gasteiger partial charge in [-0.1, -0.05) is 32.4 Å². The molecule has 2 unspecified atom stereocenters. The van der Waals surface area contributed by atoms with Crippen molar-refractivity contribution in [3.8, 4) is 5.75 Å². The molecule has 0 spiro atoms. The maximum Gasteiger partial charge on any atom is 0.274 e. The maximum absolute atomic E-state index is 13.2. The molecule has 0 radical (unpaired) electrons. The number of benzene rings is 1. The Kier molecular flexibility index (Phi) is 8.53. The smallest absolute Gasteiger partial charge is 0.274 e. The Hall–Kier alpha value is -2.83. The van der Waals surface area contributed by atoms with Gasteiger partial charge in [-0.15, -0.1) is 0 Å². The summed E-state index contributed by atoms with van der Waals surface area (Å²) in [6.07, 6.45) is 5.94. The average molecular weight is 455 g/mol. The molecule has 0 saturated carbocycles. The van der Waals surface area contributed by atoms with E-state index in [0.717, 1.165) is 50.1 Å². The summed E-state index contributed by atoms with van der Waals surface area (Å²) in [5.74, 6) is 1.72. The predicted molar refractivity (Wildman–Crippen MR) is 129 cm³/mol. The van der Waals surface area contributed by atoms with Crippen molar-refractivity contribution in [3.05, 3.63) is 47.8 Å². The highest BCUT2D eigenvalue weighted by Crippen LogP contribution is 2.29. The molecule has 1 aromatic heterocycles. The molecular weight excluding hydrogens is 416 g/mol. The zero-order valence-electron chi connectivity index (χ0n) is 20.7. The van der Waals surface area contributed by atoms with E-state index in [9.17, 15) is 9.59 Å². The fourth-order valence-corrected chi connectivity index (χ4v) is 4.63. The molecule has 0 bridgehead atoms. The second kappa shape index (κ2) is 11.3. The maximum atomic E-state index is 13.2. The largest absolute Gasteiger partial charge is 0.497 e. The molecule has 7 nitrogen and oxygen atoms in total. The quantitative estimate of drug-likeness (QED) is 0.578. The predicted octanol–water partition coefficient (Wildman–Crippen LogP) is 3.79. The SMILES string of the molecule is CCC(C)CC(=O)N1CCC(C(Cc2cccc(OC)c2)N(C)C(=O)c2ccn(C)n2)CC1. The van der Waals surface area contributed by atoms with Gasteiger partial charge in [-0.25, -0.2) is 0 Å². The van der Waals surface area contributed by atoms with E-state index in [1.54, 1.807) is 24.1 Å². The topological polar surface area (TPSA) is 67.7 Å². The summed E-state index contributed by atoms with van der Waals surface area (Å²) in [5, 5.41) is 4.32. The van der Waals surface area contributed by atoms with E-state index < -0.39 is 0 Å². The summed E-state index contributed by atoms with van der Waals surface area (Å²) < 4.78 is 7.06. The van der Waals surface area contributed by atoms with E-state index in [1.807, 2.05) is 42.1 Å². The zero-order chi connectivity index (χ0) is 24.0. The molecule has 3 rings (SSSR count). The first kappa shape index (κ1) is 24.8. The summed E-state index contributed by atoms with van der Waals surface area (Å²) in [4.78, 5) is 29.8. The number of methoxy groups -OCH3 is 1. The third-order valence-corrected chi connectivity index (χ3v) is 6.99. The van der Waals surface area contributed by atoms with Gasteiger partial charge in [0.25, 0.3) is 5.91 Å². The number of hydrogen-bond donors (Lipinski definition) is 0. The van der Waals surface area contributed by atoms with Crippen LogP contribution in [0, 0.1) is 11.8 Å². The van der Waals surface area contributed by atoms with Crippen LogP contribution in [0.4, 0.5) is 0 Å². The highest BCUT2D eigenvalue weighted by molar-refractivity contribution is 5.92. The highest BCUT2D eigenvalue weighted by Gasteiger charge is 2.33. The minimum Gasteiger partial charge on any atom is -0.497 e. The van der Waals surface area contributed by atoms with Crippen molar-refractivity contribution in [1.29, 1.82) is 0 Å². The summed E-state index contributed by atoms with van der Waals surface area (Å²) in [5.41, 5.74) is 1.59. The molecule has 2 aromatic rings. The minimum atomic E-state index is -0.0706. The lowest BCUT2D eigenvalue weighted by atomic mass is 9.84. The number of carbonyl (C=O) groups is 2. The van der Waals surface area contributed by atoms with Crippen molar-refractivity contribution in [3.63, 3.8) is 0 Å². The molecule has 1 aliphatic heterocycles. The van der Waals surface area contributed by atoms with E-state index >= 15 is 0 Å². The van der Waals surface area contributed by atoms with Gasteiger partial charge in [-0.3, -0.25) is 14.3 Å². The minimum absolute atomic E-state index is 0.0124. The normalized spacial score (nSPS) is 16.3. The van der Waals surface area contributed by atoms with Gasteiger partial charge in [0.2, 0.25) is 5.91 Å². The van der Waals surface area contributed by atoms with Crippen LogP contribution in [0.2, 0.25) is 0 Å². The van der Waals surface area contributed by atoms with E-state index in [2.05, 4.69) is 25.0 Å².